The van der Waals surface area contributed by atoms with Crippen molar-refractivity contribution in [3.63, 3.8) is 0 Å². The van der Waals surface area contributed by atoms with Gasteiger partial charge in [0.15, 0.2) is 0 Å². The Morgan fingerprint density at radius 2 is 1.76 bits per heavy atom. The predicted octanol–water partition coefficient (Wildman–Crippen LogP) is 4.85. The normalized spacial score (nSPS) is 19.6. The fourth-order valence-corrected chi connectivity index (χ4v) is 2.71. The molecule has 0 aliphatic carbocycles. The molecule has 8 heteroatoms. The van der Waals surface area contributed by atoms with Crippen molar-refractivity contribution in [1.29, 1.82) is 0 Å². The summed E-state index contributed by atoms with van der Waals surface area (Å²) in [5.41, 5.74) is -0.385. The molecule has 0 aromatic heterocycles. The third kappa shape index (κ3) is 2.84. The van der Waals surface area contributed by atoms with E-state index >= 15 is 0 Å². The number of carboxylic acid groups (broad SMARTS) is 1. The van der Waals surface area contributed by atoms with Crippen molar-refractivity contribution in [1.82, 2.24) is 0 Å². The quantitative estimate of drug-likeness (QED) is 0.605. The summed E-state index contributed by atoms with van der Waals surface area (Å²) < 4.78 is 58.3. The zero-order valence-corrected chi connectivity index (χ0v) is 13.0. The molecule has 0 amide bonds. The highest BCUT2D eigenvalue weighted by Crippen LogP contribution is 2.50. The molecule has 0 bridgehead atoms. The van der Waals surface area contributed by atoms with Gasteiger partial charge in [-0.15, -0.1) is 0 Å². The number of alkyl halides is 4. The van der Waals surface area contributed by atoms with Gasteiger partial charge in [0.05, 0.1) is 0 Å². The molecule has 2 aromatic rings. The van der Waals surface area contributed by atoms with Crippen molar-refractivity contribution in [2.45, 2.75) is 11.2 Å². The second-order valence-electron chi connectivity index (χ2n) is 5.29. The highest BCUT2D eigenvalue weighted by molar-refractivity contribution is 6.29. The molecule has 0 spiro atoms. The van der Waals surface area contributed by atoms with Gasteiger partial charge in [-0.2, -0.15) is 13.2 Å². The van der Waals surface area contributed by atoms with Crippen LogP contribution in [0.2, 0.25) is 0 Å². The van der Waals surface area contributed by atoms with Crippen LogP contribution < -0.4 is 4.74 Å². The molecule has 0 saturated heterocycles. The summed E-state index contributed by atoms with van der Waals surface area (Å²) in [7, 11) is 0. The largest absolute Gasteiger partial charge is 0.478 e. The van der Waals surface area contributed by atoms with E-state index in [1.54, 1.807) is 0 Å². The Labute approximate surface area is 144 Å². The lowest BCUT2D eigenvalue weighted by Gasteiger charge is -2.35. The van der Waals surface area contributed by atoms with E-state index in [-0.39, 0.29) is 16.9 Å². The number of aliphatic carboxylic acids is 1. The minimum absolute atomic E-state index is 0.125. The highest BCUT2D eigenvalue weighted by atomic mass is 35.5. The summed E-state index contributed by atoms with van der Waals surface area (Å²) in [5.74, 6) is -2.58. The molecule has 3 nitrogen and oxygen atoms in total. The lowest BCUT2D eigenvalue weighted by molar-refractivity contribution is -0.204. The van der Waals surface area contributed by atoms with Crippen molar-refractivity contribution in [2.24, 2.45) is 0 Å². The molecule has 0 saturated carbocycles. The Hall–Kier alpha value is -2.54. The fourth-order valence-electron chi connectivity index (χ4n) is 2.49. The number of fused-ring (bicyclic) bond motifs is 1. The summed E-state index contributed by atoms with van der Waals surface area (Å²) in [6, 6.07) is 9.42. The van der Waals surface area contributed by atoms with Crippen LogP contribution in [0.3, 0.4) is 0 Å². The molecule has 1 atom stereocenters. The molecule has 130 valence electrons. The number of halogens is 5. The van der Waals surface area contributed by atoms with Gasteiger partial charge >= 0.3 is 17.2 Å². The number of para-hydroxylation sites is 1. The third-order valence-electron chi connectivity index (χ3n) is 3.68. The van der Waals surface area contributed by atoms with E-state index in [0.29, 0.717) is 5.56 Å². The summed E-state index contributed by atoms with van der Waals surface area (Å²) in [4.78, 5) is 11.2. The number of carbonyl (C=O) groups is 1. The van der Waals surface area contributed by atoms with Gasteiger partial charge in [-0.3, -0.25) is 0 Å². The maximum absolute atomic E-state index is 13.4. The molecule has 0 radical (unpaired) electrons. The molecule has 1 heterocycles. The fraction of sp³-hybridized carbons (Fsp3) is 0.118. The Bertz CT molecular complexity index is 874. The second-order valence-corrected chi connectivity index (χ2v) is 5.82. The van der Waals surface area contributed by atoms with Crippen LogP contribution in [0.1, 0.15) is 5.56 Å². The van der Waals surface area contributed by atoms with E-state index in [1.807, 2.05) is 0 Å². The maximum atomic E-state index is 13.4. The third-order valence-corrected chi connectivity index (χ3v) is 4.18. The maximum Gasteiger partial charge on any atom is 0.448 e. The van der Waals surface area contributed by atoms with Gasteiger partial charge in [0.25, 0.3) is 0 Å². The molecule has 1 aliphatic rings. The first-order valence-corrected chi connectivity index (χ1v) is 7.30. The minimum Gasteiger partial charge on any atom is -0.478 e. The van der Waals surface area contributed by atoms with Gasteiger partial charge in [-0.25, -0.2) is 9.18 Å². The summed E-state index contributed by atoms with van der Waals surface area (Å²) >= 11 is 5.57. The predicted molar refractivity (Wildman–Crippen MR) is 82.7 cm³/mol. The zero-order valence-electron chi connectivity index (χ0n) is 12.3. The number of hydrogen-bond donors (Lipinski definition) is 1. The first-order chi connectivity index (χ1) is 11.6. The zero-order chi connectivity index (χ0) is 18.4. The van der Waals surface area contributed by atoms with E-state index in [2.05, 4.69) is 0 Å². The smallest absolute Gasteiger partial charge is 0.448 e. The molecule has 2 aromatic carbocycles. The van der Waals surface area contributed by atoms with E-state index in [4.69, 9.17) is 21.4 Å². The van der Waals surface area contributed by atoms with Crippen LogP contribution in [0, 0.1) is 5.82 Å². The number of rotatable bonds is 2. The Morgan fingerprint density at radius 1 is 1.12 bits per heavy atom. The Balaban J connectivity index is 2.23. The molecular weight excluding hydrogens is 364 g/mol. The molecule has 1 unspecified atom stereocenters. The van der Waals surface area contributed by atoms with Gasteiger partial charge in [0.1, 0.15) is 17.1 Å². The number of hydrogen-bond acceptors (Lipinski definition) is 2. The average molecular weight is 373 g/mol. The lowest BCUT2D eigenvalue weighted by atomic mass is 9.95. The molecule has 1 aliphatic heterocycles. The summed E-state index contributed by atoms with van der Waals surface area (Å²) in [6.07, 6.45) is -4.35. The van der Waals surface area contributed by atoms with E-state index in [1.165, 1.54) is 30.3 Å². The van der Waals surface area contributed by atoms with Crippen molar-refractivity contribution in [3.8, 4) is 16.9 Å². The Morgan fingerprint density at radius 3 is 2.32 bits per heavy atom. The first kappa shape index (κ1) is 17.3. The van der Waals surface area contributed by atoms with Crippen LogP contribution in [0.5, 0.6) is 5.75 Å². The van der Waals surface area contributed by atoms with Crippen LogP contribution in [-0.4, -0.2) is 22.3 Å². The lowest BCUT2D eigenvalue weighted by Crippen LogP contribution is -2.50. The van der Waals surface area contributed by atoms with E-state index in [9.17, 15) is 22.4 Å². The monoisotopic (exact) mass is 372 g/mol. The van der Waals surface area contributed by atoms with E-state index in [0.717, 1.165) is 18.2 Å². The van der Waals surface area contributed by atoms with E-state index < -0.39 is 28.6 Å². The molecule has 1 N–H and O–H groups in total. The topological polar surface area (TPSA) is 46.5 Å². The molecule has 3 rings (SSSR count). The minimum atomic E-state index is -5.17. The van der Waals surface area contributed by atoms with Gasteiger partial charge in [0, 0.05) is 11.1 Å². The molecule has 0 fully saturated rings. The SMILES string of the molecule is O=C(O)C1=Cc2cccc(-c3ccc(F)cc3)c2OC1(Cl)C(F)(F)F. The average Bonchev–Trinajstić information content (AvgIpc) is 2.53. The summed E-state index contributed by atoms with van der Waals surface area (Å²) in [5, 5.41) is 5.58. The van der Waals surface area contributed by atoms with Gasteiger partial charge in [-0.1, -0.05) is 41.9 Å². The summed E-state index contributed by atoms with van der Waals surface area (Å²) in [6.45, 7) is 0. The van der Waals surface area contributed by atoms with Crippen molar-refractivity contribution in [2.75, 3.05) is 0 Å². The molecular formula is C17H9ClF4O3. The van der Waals surface area contributed by atoms with Crippen LogP contribution >= 0.6 is 11.6 Å². The van der Waals surface area contributed by atoms with Crippen LogP contribution in [0.4, 0.5) is 17.6 Å². The van der Waals surface area contributed by atoms with Crippen molar-refractivity contribution < 1.29 is 32.2 Å². The van der Waals surface area contributed by atoms with Crippen LogP contribution in [-0.2, 0) is 4.79 Å². The first-order valence-electron chi connectivity index (χ1n) is 6.92. The standard InChI is InChI=1S/C17H9ClF4O3/c18-16(17(20,21)22)13(15(23)24)8-10-2-1-3-12(14(10)25-16)9-4-6-11(19)7-5-9/h1-8H,(H,23,24). The van der Waals surface area contributed by atoms with Gasteiger partial charge in [0.2, 0.25) is 0 Å². The number of carboxylic acids is 1. The van der Waals surface area contributed by atoms with Crippen LogP contribution in [0.25, 0.3) is 17.2 Å². The van der Waals surface area contributed by atoms with Gasteiger partial charge < -0.3 is 9.84 Å². The number of benzene rings is 2. The Kier molecular flexibility index (Phi) is 3.99. The van der Waals surface area contributed by atoms with Gasteiger partial charge in [-0.05, 0) is 23.8 Å². The second kappa shape index (κ2) is 5.77. The highest BCUT2D eigenvalue weighted by Gasteiger charge is 2.62. The molecule has 25 heavy (non-hydrogen) atoms. The van der Waals surface area contributed by atoms with Crippen molar-refractivity contribution >= 4 is 23.6 Å². The van der Waals surface area contributed by atoms with Crippen molar-refractivity contribution in [3.05, 3.63) is 59.4 Å². The van der Waals surface area contributed by atoms with Crippen LogP contribution in [0.15, 0.2) is 48.0 Å². The number of ether oxygens (including phenoxy) is 1.